The van der Waals surface area contributed by atoms with Gasteiger partial charge in [0.15, 0.2) is 0 Å². The van der Waals surface area contributed by atoms with Crippen LogP contribution in [0.3, 0.4) is 0 Å². The summed E-state index contributed by atoms with van der Waals surface area (Å²) >= 11 is 2.54. The second-order valence-electron chi connectivity index (χ2n) is 6.13. The van der Waals surface area contributed by atoms with E-state index < -0.39 is 0 Å². The Morgan fingerprint density at radius 2 is 2.00 bits per heavy atom. The van der Waals surface area contributed by atoms with Crippen LogP contribution in [0.5, 0.6) is 0 Å². The van der Waals surface area contributed by atoms with Crippen molar-refractivity contribution < 1.29 is 0 Å². The SMILES string of the molecule is CCNC(c1cccc(C)c1I)C1CCCCC1CC. The number of nitrogens with one attached hydrogen (secondary N) is 1. The van der Waals surface area contributed by atoms with Gasteiger partial charge in [0.2, 0.25) is 0 Å². The first kappa shape index (κ1) is 16.3. The summed E-state index contributed by atoms with van der Waals surface area (Å²) in [6.45, 7) is 7.89. The van der Waals surface area contributed by atoms with E-state index in [-0.39, 0.29) is 0 Å². The zero-order valence-electron chi connectivity index (χ0n) is 13.1. The van der Waals surface area contributed by atoms with Crippen molar-refractivity contribution in [1.82, 2.24) is 5.32 Å². The smallest absolute Gasteiger partial charge is 0.0361 e. The lowest BCUT2D eigenvalue weighted by atomic mass is 9.72. The third-order valence-electron chi connectivity index (χ3n) is 4.90. The van der Waals surface area contributed by atoms with Gasteiger partial charge in [-0.1, -0.05) is 57.7 Å². The van der Waals surface area contributed by atoms with Gasteiger partial charge in [-0.15, -0.1) is 0 Å². The molecular weight excluding hydrogens is 357 g/mol. The van der Waals surface area contributed by atoms with Crippen molar-refractivity contribution in [3.05, 3.63) is 32.9 Å². The maximum Gasteiger partial charge on any atom is 0.0361 e. The van der Waals surface area contributed by atoms with Gasteiger partial charge in [0.25, 0.3) is 0 Å². The fourth-order valence-electron chi connectivity index (χ4n) is 3.80. The summed E-state index contributed by atoms with van der Waals surface area (Å²) in [6, 6.07) is 7.33. The van der Waals surface area contributed by atoms with Crippen molar-refractivity contribution in [3.8, 4) is 0 Å². The molecule has 3 atom stereocenters. The maximum absolute atomic E-state index is 3.80. The minimum Gasteiger partial charge on any atom is -0.310 e. The largest absolute Gasteiger partial charge is 0.310 e. The summed E-state index contributed by atoms with van der Waals surface area (Å²) in [5, 5.41) is 3.80. The fourth-order valence-corrected chi connectivity index (χ4v) is 4.50. The number of hydrogen-bond acceptors (Lipinski definition) is 1. The van der Waals surface area contributed by atoms with Crippen LogP contribution in [-0.4, -0.2) is 6.54 Å². The second-order valence-corrected chi connectivity index (χ2v) is 7.21. The van der Waals surface area contributed by atoms with Crippen molar-refractivity contribution in [1.29, 1.82) is 0 Å². The standard InChI is InChI=1S/C18H28IN/c1-4-14-10-6-7-11-15(14)18(20-5-2)16-12-8-9-13(3)17(16)19/h8-9,12,14-15,18,20H,4-7,10-11H2,1-3H3. The predicted octanol–water partition coefficient (Wildman–Crippen LogP) is 5.47. The Labute approximate surface area is 138 Å². The first-order valence-electron chi connectivity index (χ1n) is 8.17. The zero-order valence-corrected chi connectivity index (χ0v) is 15.2. The Balaban J connectivity index is 2.32. The second kappa shape index (κ2) is 7.79. The highest BCUT2D eigenvalue weighted by molar-refractivity contribution is 14.1. The van der Waals surface area contributed by atoms with Crippen molar-refractivity contribution in [2.45, 2.75) is 58.9 Å². The van der Waals surface area contributed by atoms with Crippen LogP contribution >= 0.6 is 22.6 Å². The van der Waals surface area contributed by atoms with E-state index >= 15 is 0 Å². The molecule has 0 bridgehead atoms. The van der Waals surface area contributed by atoms with E-state index in [1.165, 1.54) is 46.8 Å². The number of rotatable bonds is 5. The van der Waals surface area contributed by atoms with Crippen LogP contribution in [0.25, 0.3) is 0 Å². The van der Waals surface area contributed by atoms with Gasteiger partial charge in [0.1, 0.15) is 0 Å². The molecule has 20 heavy (non-hydrogen) atoms. The molecule has 0 aromatic heterocycles. The van der Waals surface area contributed by atoms with Gasteiger partial charge >= 0.3 is 0 Å². The van der Waals surface area contributed by atoms with Gasteiger partial charge in [-0.3, -0.25) is 0 Å². The van der Waals surface area contributed by atoms with E-state index in [9.17, 15) is 0 Å². The van der Waals surface area contributed by atoms with Crippen LogP contribution in [0.4, 0.5) is 0 Å². The highest BCUT2D eigenvalue weighted by atomic mass is 127. The molecule has 1 aliphatic carbocycles. The van der Waals surface area contributed by atoms with E-state index in [0.29, 0.717) is 6.04 Å². The van der Waals surface area contributed by atoms with Gasteiger partial charge in [0, 0.05) is 9.61 Å². The Bertz CT molecular complexity index is 429. The lowest BCUT2D eigenvalue weighted by Gasteiger charge is -2.38. The summed E-state index contributed by atoms with van der Waals surface area (Å²) in [7, 11) is 0. The van der Waals surface area contributed by atoms with Gasteiger partial charge in [-0.2, -0.15) is 0 Å². The van der Waals surface area contributed by atoms with Crippen LogP contribution in [-0.2, 0) is 0 Å². The van der Waals surface area contributed by atoms with Crippen LogP contribution in [0.15, 0.2) is 18.2 Å². The highest BCUT2D eigenvalue weighted by Gasteiger charge is 2.32. The van der Waals surface area contributed by atoms with Crippen LogP contribution < -0.4 is 5.32 Å². The Kier molecular flexibility index (Phi) is 6.34. The van der Waals surface area contributed by atoms with Crippen LogP contribution in [0.2, 0.25) is 0 Å². The van der Waals surface area contributed by atoms with Crippen LogP contribution in [0, 0.1) is 22.3 Å². The molecule has 1 saturated carbocycles. The molecule has 1 aliphatic rings. The van der Waals surface area contributed by atoms with E-state index in [4.69, 9.17) is 0 Å². The van der Waals surface area contributed by atoms with Gasteiger partial charge < -0.3 is 5.32 Å². The predicted molar refractivity (Wildman–Crippen MR) is 96.1 cm³/mol. The summed E-state index contributed by atoms with van der Waals surface area (Å²) in [5.41, 5.74) is 2.94. The molecule has 2 heteroatoms. The van der Waals surface area contributed by atoms with E-state index in [1.807, 2.05) is 0 Å². The van der Waals surface area contributed by atoms with Crippen molar-refractivity contribution >= 4 is 22.6 Å². The van der Waals surface area contributed by atoms with Crippen molar-refractivity contribution in [3.63, 3.8) is 0 Å². The van der Waals surface area contributed by atoms with Crippen LogP contribution in [0.1, 0.15) is 63.1 Å². The molecule has 1 fully saturated rings. The lowest BCUT2D eigenvalue weighted by Crippen LogP contribution is -2.35. The van der Waals surface area contributed by atoms with Crippen molar-refractivity contribution in [2.75, 3.05) is 6.54 Å². The van der Waals surface area contributed by atoms with Gasteiger partial charge in [-0.25, -0.2) is 0 Å². The molecular formula is C18H28IN. The first-order valence-corrected chi connectivity index (χ1v) is 9.25. The fraction of sp³-hybridized carbons (Fsp3) is 0.667. The zero-order chi connectivity index (χ0) is 14.5. The summed E-state index contributed by atoms with van der Waals surface area (Å²) in [4.78, 5) is 0. The molecule has 0 heterocycles. The van der Waals surface area contributed by atoms with Gasteiger partial charge in [-0.05, 0) is 65.4 Å². The minimum absolute atomic E-state index is 0.539. The normalized spacial score (nSPS) is 24.6. The Morgan fingerprint density at radius 3 is 2.70 bits per heavy atom. The molecule has 2 rings (SSSR count). The summed E-state index contributed by atoms with van der Waals surface area (Å²) in [6.07, 6.45) is 6.98. The first-order chi connectivity index (χ1) is 9.69. The summed E-state index contributed by atoms with van der Waals surface area (Å²) in [5.74, 6) is 1.70. The average Bonchev–Trinajstić information content (AvgIpc) is 2.48. The molecule has 1 aromatic rings. The highest BCUT2D eigenvalue weighted by Crippen LogP contribution is 2.41. The van der Waals surface area contributed by atoms with E-state index in [0.717, 1.165) is 18.4 Å². The molecule has 0 amide bonds. The lowest BCUT2D eigenvalue weighted by molar-refractivity contribution is 0.176. The molecule has 1 N–H and O–H groups in total. The molecule has 1 nitrogen and oxygen atoms in total. The minimum atomic E-state index is 0.539. The van der Waals surface area contributed by atoms with E-state index in [2.05, 4.69) is 66.9 Å². The molecule has 112 valence electrons. The third-order valence-corrected chi connectivity index (χ3v) is 6.37. The molecule has 0 spiro atoms. The molecule has 0 radical (unpaired) electrons. The summed E-state index contributed by atoms with van der Waals surface area (Å²) < 4.78 is 1.46. The Hall–Kier alpha value is -0.0900. The number of benzene rings is 1. The third kappa shape index (κ3) is 3.56. The average molecular weight is 385 g/mol. The molecule has 3 unspecified atom stereocenters. The number of aryl methyl sites for hydroxylation is 1. The van der Waals surface area contributed by atoms with Crippen molar-refractivity contribution in [2.24, 2.45) is 11.8 Å². The Morgan fingerprint density at radius 1 is 1.25 bits per heavy atom. The number of halogens is 1. The molecule has 0 saturated heterocycles. The molecule has 1 aromatic carbocycles. The van der Waals surface area contributed by atoms with E-state index in [1.54, 1.807) is 0 Å². The quantitative estimate of drug-likeness (QED) is 0.663. The topological polar surface area (TPSA) is 12.0 Å². The molecule has 0 aliphatic heterocycles. The monoisotopic (exact) mass is 385 g/mol. The number of hydrogen-bond donors (Lipinski definition) is 1. The van der Waals surface area contributed by atoms with Gasteiger partial charge in [0.05, 0.1) is 0 Å². The maximum atomic E-state index is 3.80.